The zero-order valence-corrected chi connectivity index (χ0v) is 14.2. The number of carboxylic acid groups (broad SMARTS) is 1. The third-order valence-electron chi connectivity index (χ3n) is 3.74. The predicted octanol–water partition coefficient (Wildman–Crippen LogP) is 1.58. The zero-order chi connectivity index (χ0) is 17.0. The lowest BCUT2D eigenvalue weighted by Gasteiger charge is -2.16. The molecule has 1 aliphatic rings. The van der Waals surface area contributed by atoms with Crippen LogP contribution in [0.3, 0.4) is 0 Å². The van der Waals surface area contributed by atoms with E-state index >= 15 is 0 Å². The van der Waals surface area contributed by atoms with Gasteiger partial charge in [-0.15, -0.1) is 0 Å². The predicted molar refractivity (Wildman–Crippen MR) is 87.1 cm³/mol. The fraction of sp³-hybridized carbons (Fsp3) is 0.562. The molecule has 7 heteroatoms. The summed E-state index contributed by atoms with van der Waals surface area (Å²) >= 11 is 0. The molecule has 0 aliphatic carbocycles. The topological polar surface area (TPSA) is 92.7 Å². The van der Waals surface area contributed by atoms with E-state index in [1.165, 1.54) is 0 Å². The van der Waals surface area contributed by atoms with E-state index in [2.05, 4.69) is 4.72 Å². The highest BCUT2D eigenvalue weighted by molar-refractivity contribution is 7.89. The fourth-order valence-corrected chi connectivity index (χ4v) is 3.85. The first kappa shape index (κ1) is 17.7. The van der Waals surface area contributed by atoms with E-state index in [9.17, 15) is 13.2 Å². The van der Waals surface area contributed by atoms with Crippen LogP contribution in [0.1, 0.15) is 31.4 Å². The number of hydrogen-bond donors (Lipinski definition) is 2. The van der Waals surface area contributed by atoms with Crippen molar-refractivity contribution in [2.75, 3.05) is 12.4 Å². The zero-order valence-electron chi connectivity index (χ0n) is 13.4. The Morgan fingerprint density at radius 2 is 2.13 bits per heavy atom. The first-order chi connectivity index (χ1) is 10.8. The Morgan fingerprint density at radius 3 is 2.78 bits per heavy atom. The van der Waals surface area contributed by atoms with Crippen molar-refractivity contribution in [3.05, 3.63) is 29.3 Å². The molecule has 0 amide bonds. The van der Waals surface area contributed by atoms with Gasteiger partial charge in [-0.1, -0.05) is 26.0 Å². The van der Waals surface area contributed by atoms with Gasteiger partial charge in [0.2, 0.25) is 10.0 Å². The molecule has 1 aromatic rings. The van der Waals surface area contributed by atoms with Gasteiger partial charge in [0.05, 0.1) is 12.4 Å². The molecule has 2 N–H and O–H groups in total. The maximum Gasteiger partial charge on any atom is 0.321 e. The molecular weight excluding hydrogens is 318 g/mol. The molecule has 0 radical (unpaired) electrons. The van der Waals surface area contributed by atoms with E-state index in [1.54, 1.807) is 0 Å². The number of ether oxygens (including phenoxy) is 1. The molecule has 0 saturated heterocycles. The number of benzene rings is 1. The van der Waals surface area contributed by atoms with Gasteiger partial charge in [0.25, 0.3) is 0 Å². The third-order valence-corrected chi connectivity index (χ3v) is 5.13. The Labute approximate surface area is 136 Å². The fourth-order valence-electron chi connectivity index (χ4n) is 2.59. The first-order valence-corrected chi connectivity index (χ1v) is 9.39. The summed E-state index contributed by atoms with van der Waals surface area (Å²) in [5.41, 5.74) is 2.01. The van der Waals surface area contributed by atoms with Gasteiger partial charge >= 0.3 is 5.97 Å². The van der Waals surface area contributed by atoms with Gasteiger partial charge in [-0.05, 0) is 36.0 Å². The number of nitrogens with one attached hydrogen (secondary N) is 1. The number of carboxylic acids is 1. The van der Waals surface area contributed by atoms with Crippen molar-refractivity contribution < 1.29 is 23.1 Å². The molecular formula is C16H23NO5S. The van der Waals surface area contributed by atoms with Crippen LogP contribution in [0.2, 0.25) is 0 Å². The van der Waals surface area contributed by atoms with Crippen LogP contribution in [0.4, 0.5) is 0 Å². The first-order valence-electron chi connectivity index (χ1n) is 7.74. The Kier molecular flexibility index (Phi) is 5.64. The summed E-state index contributed by atoms with van der Waals surface area (Å²) in [5, 5.41) is 9.14. The molecule has 1 atom stereocenters. The Balaban J connectivity index is 1.96. The number of aliphatic carboxylic acids is 1. The average Bonchev–Trinajstić information content (AvgIpc) is 2.91. The lowest BCUT2D eigenvalue weighted by Crippen LogP contribution is -2.42. The van der Waals surface area contributed by atoms with Gasteiger partial charge in [0.1, 0.15) is 11.8 Å². The lowest BCUT2D eigenvalue weighted by atomic mass is 10.1. The number of hydrogen-bond acceptors (Lipinski definition) is 4. The minimum atomic E-state index is -3.65. The van der Waals surface area contributed by atoms with Crippen LogP contribution >= 0.6 is 0 Å². The molecule has 1 unspecified atom stereocenters. The van der Waals surface area contributed by atoms with Crippen molar-refractivity contribution >= 4 is 16.0 Å². The molecule has 1 heterocycles. The van der Waals surface area contributed by atoms with Gasteiger partial charge in [-0.2, -0.15) is 0 Å². The summed E-state index contributed by atoms with van der Waals surface area (Å²) < 4.78 is 32.0. The minimum absolute atomic E-state index is 0.0931. The Morgan fingerprint density at radius 1 is 1.39 bits per heavy atom. The summed E-state index contributed by atoms with van der Waals surface area (Å²) in [6.07, 6.45) is 1.45. The molecule has 128 valence electrons. The second-order valence-corrected chi connectivity index (χ2v) is 8.12. The van der Waals surface area contributed by atoms with Crippen LogP contribution in [0, 0.1) is 5.92 Å². The van der Waals surface area contributed by atoms with Crippen molar-refractivity contribution in [2.24, 2.45) is 5.92 Å². The van der Waals surface area contributed by atoms with Crippen molar-refractivity contribution in [2.45, 2.75) is 39.2 Å². The van der Waals surface area contributed by atoms with E-state index < -0.39 is 22.0 Å². The Hall–Kier alpha value is -1.60. The summed E-state index contributed by atoms with van der Waals surface area (Å²) in [4.78, 5) is 11.2. The van der Waals surface area contributed by atoms with Crippen LogP contribution < -0.4 is 9.46 Å². The van der Waals surface area contributed by atoms with Crippen LogP contribution in [0.25, 0.3) is 0 Å². The van der Waals surface area contributed by atoms with Crippen molar-refractivity contribution in [3.63, 3.8) is 0 Å². The van der Waals surface area contributed by atoms with E-state index in [4.69, 9.17) is 9.84 Å². The summed E-state index contributed by atoms with van der Waals surface area (Å²) in [5.74, 6) is -0.320. The van der Waals surface area contributed by atoms with Crippen LogP contribution in [0.15, 0.2) is 18.2 Å². The van der Waals surface area contributed by atoms with Crippen molar-refractivity contribution in [1.29, 1.82) is 0 Å². The molecule has 23 heavy (non-hydrogen) atoms. The smallest absolute Gasteiger partial charge is 0.321 e. The molecule has 0 fully saturated rings. The van der Waals surface area contributed by atoms with E-state index in [-0.39, 0.29) is 18.1 Å². The van der Waals surface area contributed by atoms with Crippen LogP contribution in [0.5, 0.6) is 5.75 Å². The van der Waals surface area contributed by atoms with Crippen LogP contribution in [-0.4, -0.2) is 37.9 Å². The van der Waals surface area contributed by atoms with E-state index in [0.717, 1.165) is 23.3 Å². The third kappa shape index (κ3) is 5.21. The lowest BCUT2D eigenvalue weighted by molar-refractivity contribution is -0.139. The number of rotatable bonds is 8. The molecule has 1 aromatic carbocycles. The molecule has 1 aliphatic heterocycles. The average molecular weight is 341 g/mol. The van der Waals surface area contributed by atoms with Crippen LogP contribution in [-0.2, 0) is 27.7 Å². The summed E-state index contributed by atoms with van der Waals surface area (Å²) in [6, 6.07) is 4.59. The second kappa shape index (κ2) is 7.31. The quantitative estimate of drug-likeness (QED) is 0.749. The maximum atomic E-state index is 12.1. The number of fused-ring (bicyclic) bond motifs is 1. The van der Waals surface area contributed by atoms with Gasteiger partial charge in [0, 0.05) is 6.42 Å². The van der Waals surface area contributed by atoms with Gasteiger partial charge < -0.3 is 9.84 Å². The molecule has 0 saturated carbocycles. The van der Waals surface area contributed by atoms with Crippen molar-refractivity contribution in [1.82, 2.24) is 4.72 Å². The molecule has 2 rings (SSSR count). The van der Waals surface area contributed by atoms with Gasteiger partial charge in [-0.3, -0.25) is 4.79 Å². The molecule has 0 spiro atoms. The number of aryl methyl sites for hydroxylation is 1. The highest BCUT2D eigenvalue weighted by atomic mass is 32.2. The standard InChI is InChI=1S/C16H23NO5S/c1-11(2)9-14(16(18)19)17-23(20,21)8-6-12-3-4-15-13(10-12)5-7-22-15/h3-4,10-11,14,17H,5-9H2,1-2H3,(H,18,19). The highest BCUT2D eigenvalue weighted by Crippen LogP contribution is 2.26. The van der Waals surface area contributed by atoms with Gasteiger partial charge in [-0.25, -0.2) is 13.1 Å². The molecule has 6 nitrogen and oxygen atoms in total. The SMILES string of the molecule is CC(C)CC(NS(=O)(=O)CCc1ccc2c(c1)CCO2)C(=O)O. The van der Waals surface area contributed by atoms with Crippen molar-refractivity contribution in [3.8, 4) is 5.75 Å². The Bertz CT molecular complexity index is 669. The number of carbonyl (C=O) groups is 1. The molecule has 0 bridgehead atoms. The summed E-state index contributed by atoms with van der Waals surface area (Å²) in [6.45, 7) is 4.38. The highest BCUT2D eigenvalue weighted by Gasteiger charge is 2.24. The maximum absolute atomic E-state index is 12.1. The van der Waals surface area contributed by atoms with E-state index in [1.807, 2.05) is 32.0 Å². The minimum Gasteiger partial charge on any atom is -0.493 e. The summed E-state index contributed by atoms with van der Waals surface area (Å²) in [7, 11) is -3.65. The molecule has 0 aromatic heterocycles. The largest absolute Gasteiger partial charge is 0.493 e. The van der Waals surface area contributed by atoms with Gasteiger partial charge in [0.15, 0.2) is 0 Å². The van der Waals surface area contributed by atoms with E-state index in [0.29, 0.717) is 13.0 Å². The normalized spacial score (nSPS) is 15.3. The second-order valence-electron chi connectivity index (χ2n) is 6.25. The number of sulfonamides is 1. The monoisotopic (exact) mass is 341 g/mol.